The van der Waals surface area contributed by atoms with Crippen LogP contribution in [0.2, 0.25) is 0 Å². The van der Waals surface area contributed by atoms with Gasteiger partial charge in [0, 0.05) is 19.5 Å². The average Bonchev–Trinajstić information content (AvgIpc) is 2.70. The van der Waals surface area contributed by atoms with Crippen molar-refractivity contribution in [3.05, 3.63) is 0 Å². The molecule has 1 unspecified atom stereocenters. The number of rotatable bonds is 6. The lowest BCUT2D eigenvalue weighted by Gasteiger charge is -2.18. The van der Waals surface area contributed by atoms with Crippen LogP contribution in [0.5, 0.6) is 0 Å². The number of hydrogen-bond acceptors (Lipinski definition) is 3. The van der Waals surface area contributed by atoms with Crippen molar-refractivity contribution in [1.82, 2.24) is 4.90 Å². The number of nitrogens with two attached hydrogens (primary N) is 1. The van der Waals surface area contributed by atoms with E-state index in [0.717, 1.165) is 25.7 Å². The summed E-state index contributed by atoms with van der Waals surface area (Å²) in [7, 11) is 0. The van der Waals surface area contributed by atoms with E-state index < -0.39 is 0 Å². The van der Waals surface area contributed by atoms with Crippen molar-refractivity contribution in [2.45, 2.75) is 45.1 Å². The van der Waals surface area contributed by atoms with Crippen LogP contribution in [-0.2, 0) is 4.79 Å². The van der Waals surface area contributed by atoms with Crippen molar-refractivity contribution in [3.63, 3.8) is 0 Å². The standard InChI is InChI=1S/C12H24N2O2/c1-2-10(5-7-13)3-4-12(16)14-8-6-11(15)9-14/h10-11,15H,2-9,13H2,1H3/t10?,11-/m0/s1. The van der Waals surface area contributed by atoms with Gasteiger partial charge in [-0.05, 0) is 31.7 Å². The summed E-state index contributed by atoms with van der Waals surface area (Å²) >= 11 is 0. The Labute approximate surface area is 97.8 Å². The van der Waals surface area contributed by atoms with E-state index in [9.17, 15) is 9.90 Å². The predicted molar refractivity (Wildman–Crippen MR) is 63.9 cm³/mol. The highest BCUT2D eigenvalue weighted by atomic mass is 16.3. The first-order chi connectivity index (χ1) is 7.67. The second-order valence-electron chi connectivity index (χ2n) is 4.67. The van der Waals surface area contributed by atoms with Gasteiger partial charge in [-0.3, -0.25) is 4.79 Å². The molecule has 0 spiro atoms. The highest BCUT2D eigenvalue weighted by molar-refractivity contribution is 5.76. The molecule has 3 N–H and O–H groups in total. The van der Waals surface area contributed by atoms with E-state index in [1.54, 1.807) is 4.90 Å². The highest BCUT2D eigenvalue weighted by Crippen LogP contribution is 2.17. The average molecular weight is 228 g/mol. The van der Waals surface area contributed by atoms with Gasteiger partial charge in [0.25, 0.3) is 0 Å². The summed E-state index contributed by atoms with van der Waals surface area (Å²) in [6, 6.07) is 0. The molecule has 94 valence electrons. The van der Waals surface area contributed by atoms with E-state index in [1.165, 1.54) is 0 Å². The minimum absolute atomic E-state index is 0.187. The maximum Gasteiger partial charge on any atom is 0.222 e. The normalized spacial score (nSPS) is 22.4. The van der Waals surface area contributed by atoms with Gasteiger partial charge in [0.05, 0.1) is 6.10 Å². The van der Waals surface area contributed by atoms with Gasteiger partial charge in [0.1, 0.15) is 0 Å². The molecule has 0 aromatic rings. The molecule has 1 rings (SSSR count). The Bertz CT molecular complexity index is 221. The van der Waals surface area contributed by atoms with E-state index in [1.807, 2.05) is 0 Å². The molecule has 4 nitrogen and oxygen atoms in total. The summed E-state index contributed by atoms with van der Waals surface area (Å²) in [5.41, 5.74) is 5.52. The zero-order valence-corrected chi connectivity index (χ0v) is 10.2. The van der Waals surface area contributed by atoms with Gasteiger partial charge in [0.15, 0.2) is 0 Å². The quantitative estimate of drug-likeness (QED) is 0.704. The molecule has 1 saturated heterocycles. The lowest BCUT2D eigenvalue weighted by molar-refractivity contribution is -0.130. The smallest absolute Gasteiger partial charge is 0.222 e. The molecule has 1 aliphatic rings. The second kappa shape index (κ2) is 6.86. The largest absolute Gasteiger partial charge is 0.391 e. The molecule has 1 fully saturated rings. The van der Waals surface area contributed by atoms with Gasteiger partial charge in [-0.25, -0.2) is 0 Å². The van der Waals surface area contributed by atoms with Crippen molar-refractivity contribution in [2.75, 3.05) is 19.6 Å². The summed E-state index contributed by atoms with van der Waals surface area (Å²) in [4.78, 5) is 13.6. The van der Waals surface area contributed by atoms with Crippen LogP contribution in [-0.4, -0.2) is 41.7 Å². The summed E-state index contributed by atoms with van der Waals surface area (Å²) in [5, 5.41) is 9.35. The molecule has 1 amide bonds. The fraction of sp³-hybridized carbons (Fsp3) is 0.917. The molecule has 0 radical (unpaired) electrons. The minimum atomic E-state index is -0.310. The maximum absolute atomic E-state index is 11.8. The fourth-order valence-electron chi connectivity index (χ4n) is 2.24. The minimum Gasteiger partial charge on any atom is -0.391 e. The molecular weight excluding hydrogens is 204 g/mol. The van der Waals surface area contributed by atoms with Crippen LogP contribution in [0.25, 0.3) is 0 Å². The van der Waals surface area contributed by atoms with Crippen LogP contribution in [0.1, 0.15) is 39.0 Å². The molecular formula is C12H24N2O2. The Balaban J connectivity index is 2.23. The zero-order valence-electron chi connectivity index (χ0n) is 10.2. The fourth-order valence-corrected chi connectivity index (χ4v) is 2.24. The molecule has 16 heavy (non-hydrogen) atoms. The molecule has 1 heterocycles. The number of carbonyl (C=O) groups excluding carboxylic acids is 1. The third-order valence-electron chi connectivity index (χ3n) is 3.43. The van der Waals surface area contributed by atoms with Crippen molar-refractivity contribution < 1.29 is 9.90 Å². The Hall–Kier alpha value is -0.610. The van der Waals surface area contributed by atoms with E-state index in [0.29, 0.717) is 32.0 Å². The summed E-state index contributed by atoms with van der Waals surface area (Å²) in [6.07, 6.45) is 4.05. The Morgan fingerprint density at radius 1 is 1.56 bits per heavy atom. The first kappa shape index (κ1) is 13.5. The number of likely N-dealkylation sites (tertiary alicyclic amines) is 1. The van der Waals surface area contributed by atoms with Crippen molar-refractivity contribution in [1.29, 1.82) is 0 Å². The van der Waals surface area contributed by atoms with Crippen LogP contribution in [0.4, 0.5) is 0 Å². The summed E-state index contributed by atoms with van der Waals surface area (Å²) in [5.74, 6) is 0.758. The first-order valence-electron chi connectivity index (χ1n) is 6.33. The number of amides is 1. The van der Waals surface area contributed by atoms with Crippen LogP contribution >= 0.6 is 0 Å². The molecule has 1 aliphatic heterocycles. The molecule has 2 atom stereocenters. The second-order valence-corrected chi connectivity index (χ2v) is 4.67. The Kier molecular flexibility index (Phi) is 5.77. The van der Waals surface area contributed by atoms with E-state index >= 15 is 0 Å². The topological polar surface area (TPSA) is 66.6 Å². The number of carbonyl (C=O) groups is 1. The lowest BCUT2D eigenvalue weighted by atomic mass is 9.96. The monoisotopic (exact) mass is 228 g/mol. The van der Waals surface area contributed by atoms with Gasteiger partial charge in [0.2, 0.25) is 5.91 Å². The number of aliphatic hydroxyl groups is 1. The lowest BCUT2D eigenvalue weighted by Crippen LogP contribution is -2.29. The number of β-amino-alcohol motifs (C(OH)–C–C–N with tert-alkyl or cyclic N) is 1. The van der Waals surface area contributed by atoms with Gasteiger partial charge in [-0.2, -0.15) is 0 Å². The van der Waals surface area contributed by atoms with Gasteiger partial charge in [-0.15, -0.1) is 0 Å². The maximum atomic E-state index is 11.8. The Morgan fingerprint density at radius 3 is 2.81 bits per heavy atom. The predicted octanol–water partition coefficient (Wildman–Crippen LogP) is 0.735. The van der Waals surface area contributed by atoms with Gasteiger partial charge in [-0.1, -0.05) is 13.3 Å². The highest BCUT2D eigenvalue weighted by Gasteiger charge is 2.24. The van der Waals surface area contributed by atoms with Gasteiger partial charge < -0.3 is 15.7 Å². The van der Waals surface area contributed by atoms with Crippen LogP contribution in [0.15, 0.2) is 0 Å². The van der Waals surface area contributed by atoms with Crippen LogP contribution < -0.4 is 5.73 Å². The molecule has 0 aromatic heterocycles. The molecule has 0 bridgehead atoms. The first-order valence-corrected chi connectivity index (χ1v) is 6.33. The molecule has 0 saturated carbocycles. The Morgan fingerprint density at radius 2 is 2.31 bits per heavy atom. The summed E-state index contributed by atoms with van der Waals surface area (Å²) in [6.45, 7) is 4.08. The van der Waals surface area contributed by atoms with Crippen LogP contribution in [0, 0.1) is 5.92 Å². The third-order valence-corrected chi connectivity index (χ3v) is 3.43. The van der Waals surface area contributed by atoms with Gasteiger partial charge >= 0.3 is 0 Å². The zero-order chi connectivity index (χ0) is 12.0. The van der Waals surface area contributed by atoms with Crippen molar-refractivity contribution in [2.24, 2.45) is 11.7 Å². The molecule has 4 heteroatoms. The molecule has 0 aromatic carbocycles. The van der Waals surface area contributed by atoms with E-state index in [-0.39, 0.29) is 12.0 Å². The molecule has 0 aliphatic carbocycles. The van der Waals surface area contributed by atoms with Crippen LogP contribution in [0.3, 0.4) is 0 Å². The third kappa shape index (κ3) is 4.10. The SMILES string of the molecule is CCC(CCN)CCC(=O)N1CC[C@H](O)C1. The van der Waals surface area contributed by atoms with E-state index in [4.69, 9.17) is 5.73 Å². The van der Waals surface area contributed by atoms with Crippen molar-refractivity contribution >= 4 is 5.91 Å². The summed E-state index contributed by atoms with van der Waals surface area (Å²) < 4.78 is 0. The van der Waals surface area contributed by atoms with Crippen molar-refractivity contribution in [3.8, 4) is 0 Å². The number of aliphatic hydroxyl groups excluding tert-OH is 1. The van der Waals surface area contributed by atoms with E-state index in [2.05, 4.69) is 6.92 Å². The number of hydrogen-bond donors (Lipinski definition) is 2. The number of nitrogens with zero attached hydrogens (tertiary/aromatic N) is 1.